The van der Waals surface area contributed by atoms with Crippen LogP contribution in [-0.4, -0.2) is 32.7 Å². The lowest BCUT2D eigenvalue weighted by Gasteiger charge is -2.12. The predicted octanol–water partition coefficient (Wildman–Crippen LogP) is 2.99. The Kier molecular flexibility index (Phi) is 5.54. The van der Waals surface area contributed by atoms with Crippen molar-refractivity contribution >= 4 is 29.0 Å². The second kappa shape index (κ2) is 8.24. The summed E-state index contributed by atoms with van der Waals surface area (Å²) in [4.78, 5) is 13.7. The van der Waals surface area contributed by atoms with Crippen LogP contribution in [0.5, 0.6) is 11.5 Å². The van der Waals surface area contributed by atoms with Gasteiger partial charge < -0.3 is 19.4 Å². The number of hydrogen-bond donors (Lipinski definition) is 1. The largest absolute Gasteiger partial charge is 0.454 e. The van der Waals surface area contributed by atoms with E-state index in [1.54, 1.807) is 11.3 Å². The average Bonchev–Trinajstić information content (AvgIpc) is 3.44. The van der Waals surface area contributed by atoms with E-state index >= 15 is 0 Å². The maximum Gasteiger partial charge on any atom is 0.233 e. The van der Waals surface area contributed by atoms with E-state index in [1.807, 2.05) is 48.2 Å². The Bertz CT molecular complexity index is 972. The van der Waals surface area contributed by atoms with Crippen LogP contribution < -0.4 is 14.8 Å². The van der Waals surface area contributed by atoms with Gasteiger partial charge in [0.1, 0.15) is 5.82 Å². The first kappa shape index (κ1) is 18.8. The number of aromatic nitrogens is 3. The van der Waals surface area contributed by atoms with Gasteiger partial charge in [0.25, 0.3) is 0 Å². The molecule has 0 aliphatic carbocycles. The number of hydrogen-bond acceptors (Lipinski definition) is 7. The van der Waals surface area contributed by atoms with Gasteiger partial charge in [0.2, 0.25) is 12.7 Å². The lowest BCUT2D eigenvalue weighted by Crippen LogP contribution is -2.30. The van der Waals surface area contributed by atoms with Gasteiger partial charge in [0.15, 0.2) is 16.7 Å². The summed E-state index contributed by atoms with van der Waals surface area (Å²) in [5.74, 6) is 2.29. The van der Waals surface area contributed by atoms with Crippen LogP contribution in [0.1, 0.15) is 23.2 Å². The van der Waals surface area contributed by atoms with Crippen molar-refractivity contribution in [3.8, 4) is 11.5 Å². The van der Waals surface area contributed by atoms with Crippen LogP contribution in [0.15, 0.2) is 40.9 Å². The highest BCUT2D eigenvalue weighted by Crippen LogP contribution is 2.32. The highest BCUT2D eigenvalue weighted by atomic mass is 32.2. The Hall–Kier alpha value is -2.52. The molecule has 1 aliphatic heterocycles. The third kappa shape index (κ3) is 4.15. The van der Waals surface area contributed by atoms with Crippen molar-refractivity contribution in [2.24, 2.45) is 7.05 Å². The van der Waals surface area contributed by atoms with Gasteiger partial charge in [-0.15, -0.1) is 21.5 Å². The highest BCUT2D eigenvalue weighted by molar-refractivity contribution is 8.00. The molecule has 3 aromatic rings. The van der Waals surface area contributed by atoms with Crippen LogP contribution in [-0.2, 0) is 24.8 Å². The minimum Gasteiger partial charge on any atom is -0.454 e. The molecule has 1 N–H and O–H groups in total. The molecule has 0 spiro atoms. The first-order valence-electron chi connectivity index (χ1n) is 8.83. The minimum atomic E-state index is -0.286. The van der Waals surface area contributed by atoms with Crippen molar-refractivity contribution in [3.05, 3.63) is 52.0 Å². The van der Waals surface area contributed by atoms with Gasteiger partial charge in [-0.3, -0.25) is 4.79 Å². The molecule has 0 saturated heterocycles. The van der Waals surface area contributed by atoms with Gasteiger partial charge in [-0.25, -0.2) is 0 Å². The third-order valence-corrected chi connectivity index (χ3v) is 6.40. The van der Waals surface area contributed by atoms with E-state index < -0.39 is 0 Å². The monoisotopic (exact) mass is 416 g/mol. The van der Waals surface area contributed by atoms with E-state index in [-0.39, 0.29) is 18.0 Å². The van der Waals surface area contributed by atoms with Gasteiger partial charge >= 0.3 is 0 Å². The van der Waals surface area contributed by atoms with Gasteiger partial charge in [-0.1, -0.05) is 23.9 Å². The standard InChI is InChI=1S/C19H20N4O3S2/c1-12(18(24)20-10-13-5-6-15-16(8-13)26-11-25-15)28-19-22-21-17(23(19)2)9-14-4-3-7-27-14/h3-8,12H,9-11H2,1-2H3,(H,20,24)/t12-/m1/s1. The van der Waals surface area contributed by atoms with Crippen LogP contribution in [0.25, 0.3) is 0 Å². The number of fused-ring (bicyclic) bond motifs is 1. The van der Waals surface area contributed by atoms with Crippen LogP contribution in [0.3, 0.4) is 0 Å². The molecule has 1 amide bonds. The van der Waals surface area contributed by atoms with Crippen LogP contribution >= 0.6 is 23.1 Å². The number of nitrogens with one attached hydrogen (secondary N) is 1. The molecule has 0 radical (unpaired) electrons. The molecule has 3 heterocycles. The number of carbonyl (C=O) groups is 1. The molecule has 7 nitrogen and oxygen atoms in total. The van der Waals surface area contributed by atoms with Crippen molar-refractivity contribution in [2.75, 3.05) is 6.79 Å². The Morgan fingerprint density at radius 3 is 3.00 bits per heavy atom. The molecule has 9 heteroatoms. The molecule has 28 heavy (non-hydrogen) atoms. The molecule has 1 aromatic carbocycles. The zero-order chi connectivity index (χ0) is 19.5. The zero-order valence-corrected chi connectivity index (χ0v) is 17.2. The average molecular weight is 417 g/mol. The number of rotatable bonds is 7. The van der Waals surface area contributed by atoms with Crippen molar-refractivity contribution < 1.29 is 14.3 Å². The number of ether oxygens (including phenoxy) is 2. The number of carbonyl (C=O) groups excluding carboxylic acids is 1. The van der Waals surface area contributed by atoms with Crippen molar-refractivity contribution in [1.82, 2.24) is 20.1 Å². The molecule has 1 aliphatic rings. The summed E-state index contributed by atoms with van der Waals surface area (Å²) in [7, 11) is 1.93. The lowest BCUT2D eigenvalue weighted by atomic mass is 10.2. The zero-order valence-electron chi connectivity index (χ0n) is 15.5. The van der Waals surface area contributed by atoms with Gasteiger partial charge in [-0.2, -0.15) is 0 Å². The highest BCUT2D eigenvalue weighted by Gasteiger charge is 2.19. The number of thioether (sulfide) groups is 1. The molecule has 2 aromatic heterocycles. The van der Waals surface area contributed by atoms with Crippen LogP contribution in [0, 0.1) is 0 Å². The third-order valence-electron chi connectivity index (χ3n) is 4.39. The summed E-state index contributed by atoms with van der Waals surface area (Å²) < 4.78 is 12.6. The summed E-state index contributed by atoms with van der Waals surface area (Å²) in [5.41, 5.74) is 0.965. The van der Waals surface area contributed by atoms with Crippen molar-refractivity contribution in [2.45, 2.75) is 30.3 Å². The molecule has 0 bridgehead atoms. The van der Waals surface area contributed by atoms with Gasteiger partial charge in [0.05, 0.1) is 5.25 Å². The normalized spacial score (nSPS) is 13.5. The summed E-state index contributed by atoms with van der Waals surface area (Å²) in [6.07, 6.45) is 0.742. The minimum absolute atomic E-state index is 0.0505. The fourth-order valence-electron chi connectivity index (χ4n) is 2.77. The molecular formula is C19H20N4O3S2. The van der Waals surface area contributed by atoms with E-state index in [4.69, 9.17) is 9.47 Å². The van der Waals surface area contributed by atoms with E-state index in [1.165, 1.54) is 16.6 Å². The fourth-order valence-corrected chi connectivity index (χ4v) is 4.33. The maximum absolute atomic E-state index is 12.5. The maximum atomic E-state index is 12.5. The predicted molar refractivity (Wildman–Crippen MR) is 108 cm³/mol. The topological polar surface area (TPSA) is 78.3 Å². The summed E-state index contributed by atoms with van der Waals surface area (Å²) >= 11 is 3.10. The second-order valence-corrected chi connectivity index (χ2v) is 8.72. The number of benzene rings is 1. The van der Waals surface area contributed by atoms with Gasteiger partial charge in [0, 0.05) is 24.9 Å². The summed E-state index contributed by atoms with van der Waals surface area (Å²) in [5, 5.41) is 14.0. The van der Waals surface area contributed by atoms with E-state index in [9.17, 15) is 4.79 Å². The molecule has 0 saturated carbocycles. The van der Waals surface area contributed by atoms with Crippen molar-refractivity contribution in [1.29, 1.82) is 0 Å². The summed E-state index contributed by atoms with van der Waals surface area (Å²) in [6.45, 7) is 2.54. The quantitative estimate of drug-likeness (QED) is 0.597. The Morgan fingerprint density at radius 1 is 1.32 bits per heavy atom. The Labute approximate surface area is 171 Å². The molecule has 0 unspecified atom stereocenters. The van der Waals surface area contributed by atoms with E-state index in [0.717, 1.165) is 28.7 Å². The van der Waals surface area contributed by atoms with Crippen LogP contribution in [0.2, 0.25) is 0 Å². The SMILES string of the molecule is C[C@@H](Sc1nnc(Cc2cccs2)n1C)C(=O)NCc1ccc2c(c1)OCO2. The van der Waals surface area contributed by atoms with E-state index in [2.05, 4.69) is 21.6 Å². The molecule has 146 valence electrons. The first-order chi connectivity index (χ1) is 13.6. The number of amides is 1. The smallest absolute Gasteiger partial charge is 0.233 e. The molecular weight excluding hydrogens is 396 g/mol. The summed E-state index contributed by atoms with van der Waals surface area (Å²) in [6, 6.07) is 9.78. The first-order valence-corrected chi connectivity index (χ1v) is 10.6. The fraction of sp³-hybridized carbons (Fsp3) is 0.316. The number of thiophene rings is 1. The van der Waals surface area contributed by atoms with Crippen LogP contribution in [0.4, 0.5) is 0 Å². The molecule has 0 fully saturated rings. The molecule has 1 atom stereocenters. The lowest BCUT2D eigenvalue weighted by molar-refractivity contribution is -0.120. The second-order valence-electron chi connectivity index (χ2n) is 6.38. The van der Waals surface area contributed by atoms with Gasteiger partial charge in [-0.05, 0) is 36.1 Å². The Morgan fingerprint density at radius 2 is 2.18 bits per heavy atom. The van der Waals surface area contributed by atoms with Crippen molar-refractivity contribution in [3.63, 3.8) is 0 Å². The molecule has 4 rings (SSSR count). The number of nitrogens with zero attached hydrogens (tertiary/aromatic N) is 3. The Balaban J connectivity index is 1.32. The van der Waals surface area contributed by atoms with E-state index in [0.29, 0.717) is 12.3 Å².